The zero-order valence-electron chi connectivity index (χ0n) is 5.21. The smallest absolute Gasteiger partial charge is 0.0974 e. The molecule has 0 N–H and O–H groups in total. The fourth-order valence-corrected chi connectivity index (χ4v) is 0.677. The Hall–Kier alpha value is -0.570. The lowest BCUT2D eigenvalue weighted by molar-refractivity contribution is 0.626. The van der Waals surface area contributed by atoms with Crippen LogP contribution in [0.2, 0.25) is 0 Å². The zero-order valence-corrected chi connectivity index (χ0v) is 5.97. The van der Waals surface area contributed by atoms with E-state index in [1.807, 2.05) is 13.1 Å². The quantitative estimate of drug-likeness (QED) is 0.583. The minimum atomic E-state index is 0.444. The molecule has 0 unspecified atom stereocenters. The third kappa shape index (κ3) is 1.42. The van der Waals surface area contributed by atoms with Crippen molar-refractivity contribution in [3.8, 4) is 0 Å². The molecule has 0 radical (unpaired) electrons. The van der Waals surface area contributed by atoms with Crippen LogP contribution in [0.25, 0.3) is 0 Å². The molecule has 0 aliphatic carbocycles. The van der Waals surface area contributed by atoms with Gasteiger partial charge in [-0.15, -0.1) is 16.7 Å². The molecule has 0 aromatic carbocycles. The van der Waals surface area contributed by atoms with E-state index in [0.29, 0.717) is 5.88 Å². The molecule has 0 aliphatic rings. The van der Waals surface area contributed by atoms with Crippen molar-refractivity contribution >= 4 is 11.6 Å². The average Bonchev–Trinajstić information content (AvgIpc) is 2.34. The minimum Gasteiger partial charge on any atom is -0.253 e. The summed E-state index contributed by atoms with van der Waals surface area (Å²) in [6, 6.07) is 0. The molecule has 0 aliphatic heterocycles. The van der Waals surface area contributed by atoms with E-state index in [1.165, 1.54) is 0 Å². The van der Waals surface area contributed by atoms with Gasteiger partial charge in [0.15, 0.2) is 0 Å². The van der Waals surface area contributed by atoms with Gasteiger partial charge in [-0.2, -0.15) is 0 Å². The third-order valence-electron chi connectivity index (χ3n) is 1.05. The van der Waals surface area contributed by atoms with Crippen molar-refractivity contribution < 1.29 is 0 Å². The molecule has 1 heterocycles. The van der Waals surface area contributed by atoms with Gasteiger partial charge >= 0.3 is 0 Å². The number of halogens is 1. The molecule has 0 fully saturated rings. The highest BCUT2D eigenvalue weighted by molar-refractivity contribution is 6.16. The van der Waals surface area contributed by atoms with Crippen LogP contribution in [-0.2, 0) is 12.4 Å². The van der Waals surface area contributed by atoms with Gasteiger partial charge in [0.2, 0.25) is 0 Å². The summed E-state index contributed by atoms with van der Waals surface area (Å²) in [5.74, 6) is 0.444. The Morgan fingerprint density at radius 2 is 2.56 bits per heavy atom. The van der Waals surface area contributed by atoms with E-state index in [4.69, 9.17) is 11.6 Å². The van der Waals surface area contributed by atoms with Gasteiger partial charge in [0.1, 0.15) is 0 Å². The highest BCUT2D eigenvalue weighted by Gasteiger charge is 1.94. The van der Waals surface area contributed by atoms with E-state index in [0.717, 1.165) is 12.2 Å². The fraction of sp³-hybridized carbons (Fsp3) is 0.600. The number of alkyl halides is 1. The topological polar surface area (TPSA) is 30.7 Å². The second kappa shape index (κ2) is 2.82. The first-order valence-electron chi connectivity index (χ1n) is 2.81. The van der Waals surface area contributed by atoms with Crippen LogP contribution >= 0.6 is 11.6 Å². The van der Waals surface area contributed by atoms with E-state index < -0.39 is 0 Å². The molecule has 1 aromatic rings. The molecular formula is C5H8ClN3. The Balaban J connectivity index is 2.74. The number of aryl methyl sites for hydroxylation is 1. The number of hydrogen-bond donors (Lipinski definition) is 0. The predicted molar refractivity (Wildman–Crippen MR) is 35.3 cm³/mol. The predicted octanol–water partition coefficient (Wildman–Crippen LogP) is 1.04. The molecule has 0 saturated carbocycles. The summed E-state index contributed by atoms with van der Waals surface area (Å²) in [5.41, 5.74) is 0.832. The maximum absolute atomic E-state index is 5.48. The van der Waals surface area contributed by atoms with E-state index in [2.05, 4.69) is 10.3 Å². The van der Waals surface area contributed by atoms with Crippen LogP contribution in [-0.4, -0.2) is 15.0 Å². The first-order chi connectivity index (χ1) is 4.36. The van der Waals surface area contributed by atoms with Gasteiger partial charge in [0, 0.05) is 12.7 Å². The normalized spacial score (nSPS) is 10.0. The summed E-state index contributed by atoms with van der Waals surface area (Å²) in [6.07, 6.45) is 1.84. The van der Waals surface area contributed by atoms with Crippen LogP contribution in [0.4, 0.5) is 0 Å². The zero-order chi connectivity index (χ0) is 6.69. The number of rotatable bonds is 2. The van der Waals surface area contributed by atoms with Crippen molar-refractivity contribution in [2.24, 2.45) is 0 Å². The number of nitrogens with zero attached hydrogens (tertiary/aromatic N) is 3. The van der Waals surface area contributed by atoms with E-state index in [1.54, 1.807) is 4.68 Å². The van der Waals surface area contributed by atoms with Crippen LogP contribution in [0.3, 0.4) is 0 Å². The van der Waals surface area contributed by atoms with Crippen molar-refractivity contribution in [3.05, 3.63) is 11.9 Å². The Labute approximate surface area is 58.6 Å². The molecule has 0 bridgehead atoms. The van der Waals surface area contributed by atoms with Crippen molar-refractivity contribution in [3.63, 3.8) is 0 Å². The van der Waals surface area contributed by atoms with E-state index in [-0.39, 0.29) is 0 Å². The summed E-state index contributed by atoms with van der Waals surface area (Å²) < 4.78 is 1.75. The van der Waals surface area contributed by atoms with Crippen molar-refractivity contribution in [2.45, 2.75) is 19.3 Å². The molecule has 1 aromatic heterocycles. The Morgan fingerprint density at radius 1 is 1.78 bits per heavy atom. The van der Waals surface area contributed by atoms with Crippen LogP contribution < -0.4 is 0 Å². The fourth-order valence-electron chi connectivity index (χ4n) is 0.554. The molecule has 1 rings (SSSR count). The Morgan fingerprint density at radius 3 is 2.89 bits per heavy atom. The summed E-state index contributed by atoms with van der Waals surface area (Å²) in [5, 5.41) is 7.57. The summed E-state index contributed by atoms with van der Waals surface area (Å²) >= 11 is 5.48. The molecular weight excluding hydrogens is 138 g/mol. The molecule has 0 spiro atoms. The Kier molecular flexibility index (Phi) is 2.05. The summed E-state index contributed by atoms with van der Waals surface area (Å²) in [6.45, 7) is 2.86. The van der Waals surface area contributed by atoms with Gasteiger partial charge < -0.3 is 0 Å². The molecule has 0 atom stereocenters. The van der Waals surface area contributed by atoms with E-state index >= 15 is 0 Å². The lowest BCUT2D eigenvalue weighted by Crippen LogP contribution is -1.93. The number of aromatic nitrogens is 3. The SMILES string of the molecule is CCn1cc(CCl)nn1. The van der Waals surface area contributed by atoms with Gasteiger partial charge in [-0.25, -0.2) is 0 Å². The first kappa shape index (κ1) is 6.55. The average molecular weight is 146 g/mol. The van der Waals surface area contributed by atoms with Gasteiger partial charge in [0.25, 0.3) is 0 Å². The largest absolute Gasteiger partial charge is 0.253 e. The first-order valence-corrected chi connectivity index (χ1v) is 3.35. The lowest BCUT2D eigenvalue weighted by Gasteiger charge is -1.86. The van der Waals surface area contributed by atoms with E-state index in [9.17, 15) is 0 Å². The second-order valence-electron chi connectivity index (χ2n) is 1.70. The summed E-state index contributed by atoms with van der Waals surface area (Å²) in [7, 11) is 0. The summed E-state index contributed by atoms with van der Waals surface area (Å²) in [4.78, 5) is 0. The van der Waals surface area contributed by atoms with Gasteiger partial charge in [-0.05, 0) is 6.92 Å². The molecule has 4 heteroatoms. The highest BCUT2D eigenvalue weighted by atomic mass is 35.5. The van der Waals surface area contributed by atoms with Crippen LogP contribution in [0.5, 0.6) is 0 Å². The Bertz CT molecular complexity index is 166. The van der Waals surface area contributed by atoms with Crippen LogP contribution in [0, 0.1) is 0 Å². The van der Waals surface area contributed by atoms with Gasteiger partial charge in [-0.3, -0.25) is 4.68 Å². The molecule has 3 nitrogen and oxygen atoms in total. The van der Waals surface area contributed by atoms with Crippen molar-refractivity contribution in [2.75, 3.05) is 0 Å². The second-order valence-corrected chi connectivity index (χ2v) is 1.97. The monoisotopic (exact) mass is 145 g/mol. The van der Waals surface area contributed by atoms with Gasteiger partial charge in [0.05, 0.1) is 11.6 Å². The lowest BCUT2D eigenvalue weighted by atomic mass is 10.5. The van der Waals surface area contributed by atoms with Gasteiger partial charge in [-0.1, -0.05) is 5.21 Å². The van der Waals surface area contributed by atoms with Crippen LogP contribution in [0.15, 0.2) is 6.20 Å². The van der Waals surface area contributed by atoms with Crippen molar-refractivity contribution in [1.82, 2.24) is 15.0 Å². The minimum absolute atomic E-state index is 0.444. The number of hydrogen-bond acceptors (Lipinski definition) is 2. The van der Waals surface area contributed by atoms with Crippen molar-refractivity contribution in [1.29, 1.82) is 0 Å². The third-order valence-corrected chi connectivity index (χ3v) is 1.32. The van der Waals surface area contributed by atoms with Crippen LogP contribution in [0.1, 0.15) is 12.6 Å². The molecule has 50 valence electrons. The molecule has 0 saturated heterocycles. The highest BCUT2D eigenvalue weighted by Crippen LogP contribution is 1.95. The standard InChI is InChI=1S/C5H8ClN3/c1-2-9-4-5(3-6)7-8-9/h4H,2-3H2,1H3. The molecule has 9 heavy (non-hydrogen) atoms. The molecule has 0 amide bonds. The maximum Gasteiger partial charge on any atom is 0.0974 e. The maximum atomic E-state index is 5.48.